The molecule has 2 aromatic heterocycles. The van der Waals surface area contributed by atoms with Gasteiger partial charge in [-0.3, -0.25) is 9.69 Å². The number of aromatic amines is 1. The Morgan fingerprint density at radius 3 is 2.86 bits per heavy atom. The number of carbonyl (C=O) groups excluding carboxylic acids is 1. The van der Waals surface area contributed by atoms with E-state index in [4.69, 9.17) is 11.6 Å². The van der Waals surface area contributed by atoms with Gasteiger partial charge < -0.3 is 9.88 Å². The van der Waals surface area contributed by atoms with Gasteiger partial charge in [-0.1, -0.05) is 23.7 Å². The number of anilines is 1. The van der Waals surface area contributed by atoms with E-state index < -0.39 is 0 Å². The van der Waals surface area contributed by atoms with Gasteiger partial charge in [-0.2, -0.15) is 0 Å². The van der Waals surface area contributed by atoms with Crippen LogP contribution in [0.3, 0.4) is 0 Å². The quantitative estimate of drug-likeness (QED) is 0.684. The molecule has 1 aromatic carbocycles. The summed E-state index contributed by atoms with van der Waals surface area (Å²) in [4.78, 5) is 29.7. The van der Waals surface area contributed by atoms with E-state index in [1.54, 1.807) is 12.4 Å². The van der Waals surface area contributed by atoms with E-state index in [1.807, 2.05) is 30.5 Å². The third-order valence-corrected chi connectivity index (χ3v) is 6.31. The highest BCUT2D eigenvalue weighted by Crippen LogP contribution is 2.45. The zero-order valence-electron chi connectivity index (χ0n) is 15.6. The summed E-state index contributed by atoms with van der Waals surface area (Å²) < 4.78 is 0. The molecule has 144 valence electrons. The molecule has 1 N–H and O–H groups in total. The van der Waals surface area contributed by atoms with Crippen LogP contribution in [0, 0.1) is 0 Å². The molecule has 28 heavy (non-hydrogen) atoms. The van der Waals surface area contributed by atoms with Crippen molar-refractivity contribution in [1.82, 2.24) is 19.9 Å². The van der Waals surface area contributed by atoms with Gasteiger partial charge in [0, 0.05) is 36.9 Å². The number of nitrogens with zero attached hydrogens (tertiary/aromatic N) is 4. The van der Waals surface area contributed by atoms with Crippen molar-refractivity contribution in [1.29, 1.82) is 0 Å². The number of Topliss-reactive ketones (excluding diaryl/α,β-unsaturated/α-hetero) is 1. The largest absolute Gasteiger partial charge is 0.354 e. The molecule has 0 unspecified atom stereocenters. The van der Waals surface area contributed by atoms with Crippen LogP contribution >= 0.6 is 11.6 Å². The molecular weight excluding hydrogens is 374 g/mol. The summed E-state index contributed by atoms with van der Waals surface area (Å²) in [5.41, 5.74) is 1.54. The molecule has 7 heteroatoms. The van der Waals surface area contributed by atoms with Crippen molar-refractivity contribution in [2.45, 2.75) is 24.8 Å². The van der Waals surface area contributed by atoms with Crippen LogP contribution in [0.1, 0.15) is 29.6 Å². The summed E-state index contributed by atoms with van der Waals surface area (Å²) in [6.07, 6.45) is 6.74. The minimum Gasteiger partial charge on any atom is -0.354 e. The van der Waals surface area contributed by atoms with Gasteiger partial charge in [0.25, 0.3) is 0 Å². The van der Waals surface area contributed by atoms with E-state index in [-0.39, 0.29) is 11.3 Å². The Balaban J connectivity index is 1.38. The van der Waals surface area contributed by atoms with Crippen molar-refractivity contribution < 1.29 is 4.79 Å². The van der Waals surface area contributed by atoms with Crippen LogP contribution in [0.25, 0.3) is 11.0 Å². The molecule has 0 bridgehead atoms. The minimum atomic E-state index is 0.0565. The molecule has 1 spiro atoms. The van der Waals surface area contributed by atoms with E-state index in [1.165, 1.54) is 0 Å². The third-order valence-electron chi connectivity index (χ3n) is 5.98. The van der Waals surface area contributed by atoms with Gasteiger partial charge in [0.15, 0.2) is 5.78 Å². The predicted molar refractivity (Wildman–Crippen MR) is 110 cm³/mol. The van der Waals surface area contributed by atoms with Crippen molar-refractivity contribution in [2.75, 3.05) is 31.1 Å². The highest BCUT2D eigenvalue weighted by Gasteiger charge is 2.50. The number of aromatic nitrogens is 3. The van der Waals surface area contributed by atoms with E-state index in [0.29, 0.717) is 17.1 Å². The SMILES string of the molecule is O=C(CN1CCCN(c2ncnc3[nH]ccc23)CC12CC2)c1ccccc1Cl. The van der Waals surface area contributed by atoms with E-state index in [0.717, 1.165) is 55.7 Å². The highest BCUT2D eigenvalue weighted by atomic mass is 35.5. The third kappa shape index (κ3) is 3.06. The first-order valence-corrected chi connectivity index (χ1v) is 10.1. The number of hydrogen-bond acceptors (Lipinski definition) is 5. The van der Waals surface area contributed by atoms with Crippen molar-refractivity contribution in [3.63, 3.8) is 0 Å². The number of ketones is 1. The monoisotopic (exact) mass is 395 g/mol. The number of rotatable bonds is 4. The van der Waals surface area contributed by atoms with Crippen LogP contribution in [0.5, 0.6) is 0 Å². The average molecular weight is 396 g/mol. The molecule has 1 saturated heterocycles. The Kier molecular flexibility index (Phi) is 4.33. The number of carbonyl (C=O) groups is 1. The van der Waals surface area contributed by atoms with Gasteiger partial charge in [-0.05, 0) is 37.5 Å². The molecule has 2 fully saturated rings. The van der Waals surface area contributed by atoms with Crippen LogP contribution in [-0.2, 0) is 0 Å². The number of hydrogen-bond donors (Lipinski definition) is 1. The van der Waals surface area contributed by atoms with Gasteiger partial charge in [0.05, 0.1) is 17.0 Å². The fraction of sp³-hybridized carbons (Fsp3) is 0.381. The van der Waals surface area contributed by atoms with Crippen LogP contribution in [0.2, 0.25) is 5.02 Å². The Hall–Kier alpha value is -2.44. The maximum Gasteiger partial charge on any atom is 0.178 e. The Morgan fingerprint density at radius 1 is 1.18 bits per heavy atom. The minimum absolute atomic E-state index is 0.0565. The van der Waals surface area contributed by atoms with E-state index in [9.17, 15) is 4.79 Å². The Morgan fingerprint density at radius 2 is 2.04 bits per heavy atom. The first-order chi connectivity index (χ1) is 13.7. The number of halogens is 1. The first kappa shape index (κ1) is 17.6. The zero-order chi connectivity index (χ0) is 19.1. The number of benzene rings is 1. The molecule has 1 aliphatic heterocycles. The van der Waals surface area contributed by atoms with Crippen LogP contribution in [0.4, 0.5) is 5.82 Å². The first-order valence-electron chi connectivity index (χ1n) is 9.72. The second-order valence-electron chi connectivity index (χ2n) is 7.76. The number of H-pyrrole nitrogens is 1. The molecule has 0 radical (unpaired) electrons. The van der Waals surface area contributed by atoms with Crippen LogP contribution in [-0.4, -0.2) is 57.4 Å². The fourth-order valence-electron chi connectivity index (χ4n) is 4.33. The van der Waals surface area contributed by atoms with Gasteiger partial charge >= 0.3 is 0 Å². The predicted octanol–water partition coefficient (Wildman–Crippen LogP) is 3.54. The zero-order valence-corrected chi connectivity index (χ0v) is 16.3. The van der Waals surface area contributed by atoms with Crippen LogP contribution < -0.4 is 4.90 Å². The van der Waals surface area contributed by atoms with Gasteiger partial charge in [-0.25, -0.2) is 9.97 Å². The molecule has 5 rings (SSSR count). The normalized spacial score (nSPS) is 19.1. The van der Waals surface area contributed by atoms with Gasteiger partial charge in [-0.15, -0.1) is 0 Å². The topological polar surface area (TPSA) is 65.1 Å². The lowest BCUT2D eigenvalue weighted by Crippen LogP contribution is -2.45. The van der Waals surface area contributed by atoms with E-state index >= 15 is 0 Å². The Bertz CT molecular complexity index is 1030. The van der Waals surface area contributed by atoms with Crippen molar-refractivity contribution in [3.05, 3.63) is 53.4 Å². The van der Waals surface area contributed by atoms with Gasteiger partial charge in [0.1, 0.15) is 17.8 Å². The molecule has 1 aliphatic carbocycles. The van der Waals surface area contributed by atoms with E-state index in [2.05, 4.69) is 24.8 Å². The molecule has 0 atom stereocenters. The summed E-state index contributed by atoms with van der Waals surface area (Å²) in [7, 11) is 0. The average Bonchev–Trinajstić information content (AvgIpc) is 3.36. The summed E-state index contributed by atoms with van der Waals surface area (Å²) in [6, 6.07) is 9.36. The van der Waals surface area contributed by atoms with Crippen LogP contribution in [0.15, 0.2) is 42.9 Å². The lowest BCUT2D eigenvalue weighted by molar-refractivity contribution is 0.0885. The summed E-state index contributed by atoms with van der Waals surface area (Å²) >= 11 is 6.24. The standard InChI is InChI=1S/C21H22ClN5O/c22-17-5-2-1-4-15(17)18(28)12-27-11-3-10-26(13-21(27)7-8-21)20-16-6-9-23-19(16)24-14-25-20/h1-2,4-6,9,14H,3,7-8,10-13H2,(H,23,24,25). The second kappa shape index (κ2) is 6.87. The number of fused-ring (bicyclic) bond motifs is 1. The molecule has 1 saturated carbocycles. The molecule has 3 heterocycles. The fourth-order valence-corrected chi connectivity index (χ4v) is 4.57. The maximum atomic E-state index is 12.9. The molecule has 6 nitrogen and oxygen atoms in total. The van der Waals surface area contributed by atoms with Crippen molar-refractivity contribution in [2.24, 2.45) is 0 Å². The second-order valence-corrected chi connectivity index (χ2v) is 8.17. The molecular formula is C21H22ClN5O. The van der Waals surface area contributed by atoms with Crippen molar-refractivity contribution >= 4 is 34.2 Å². The summed E-state index contributed by atoms with van der Waals surface area (Å²) in [6.45, 7) is 3.14. The lowest BCUT2D eigenvalue weighted by Gasteiger charge is -2.32. The smallest absolute Gasteiger partial charge is 0.178 e. The molecule has 2 aliphatic rings. The lowest BCUT2D eigenvalue weighted by atomic mass is 10.1. The summed E-state index contributed by atoms with van der Waals surface area (Å²) in [5.74, 6) is 1.08. The molecule has 3 aromatic rings. The Labute approximate surface area is 168 Å². The summed E-state index contributed by atoms with van der Waals surface area (Å²) in [5, 5.41) is 1.59. The highest BCUT2D eigenvalue weighted by molar-refractivity contribution is 6.34. The van der Waals surface area contributed by atoms with Crippen molar-refractivity contribution in [3.8, 4) is 0 Å². The number of nitrogens with one attached hydrogen (secondary N) is 1. The maximum absolute atomic E-state index is 12.9. The molecule has 0 amide bonds. The van der Waals surface area contributed by atoms with Gasteiger partial charge in [0.2, 0.25) is 0 Å².